The Morgan fingerprint density at radius 2 is 1.66 bits per heavy atom. The van der Waals surface area contributed by atoms with Crippen LogP contribution in [-0.2, 0) is 24.6 Å². The summed E-state index contributed by atoms with van der Waals surface area (Å²) in [5, 5.41) is 0.887. The largest absolute Gasteiger partial charge is 0.493 e. The maximum absolute atomic E-state index is 13.8. The van der Waals surface area contributed by atoms with Gasteiger partial charge < -0.3 is 23.8 Å². The fraction of sp³-hybridized carbons (Fsp3) is 0.321. The second-order valence-corrected chi connectivity index (χ2v) is 12.0. The number of methoxy groups -OCH3 is 3. The van der Waals surface area contributed by atoms with E-state index >= 15 is 0 Å². The molecule has 13 heteroatoms. The first-order chi connectivity index (χ1) is 19.5. The zero-order valence-corrected chi connectivity index (χ0v) is 25.6. The molecule has 0 saturated carbocycles. The van der Waals surface area contributed by atoms with E-state index in [2.05, 4.69) is 0 Å². The van der Waals surface area contributed by atoms with Gasteiger partial charge in [-0.2, -0.15) is 8.42 Å². The van der Waals surface area contributed by atoms with Crippen LogP contribution in [0.25, 0.3) is 0 Å². The summed E-state index contributed by atoms with van der Waals surface area (Å²) in [6.45, 7) is 0.264. The molecule has 0 N–H and O–H groups in total. The monoisotopic (exact) mass is 643 g/mol. The van der Waals surface area contributed by atoms with Gasteiger partial charge in [-0.3, -0.25) is 8.98 Å². The average molecular weight is 645 g/mol. The first-order valence-electron chi connectivity index (χ1n) is 12.4. The van der Waals surface area contributed by atoms with Gasteiger partial charge in [0.15, 0.2) is 11.5 Å². The van der Waals surface area contributed by atoms with Crippen molar-refractivity contribution >= 4 is 50.8 Å². The van der Waals surface area contributed by atoms with Gasteiger partial charge in [0.25, 0.3) is 16.0 Å². The molecule has 1 amide bonds. The molecule has 0 radical (unpaired) electrons. The number of hydrogen-bond donors (Lipinski definition) is 0. The molecular weight excluding hydrogens is 617 g/mol. The number of hydrogen-bond acceptors (Lipinski definition) is 8. The Morgan fingerprint density at radius 1 is 0.951 bits per heavy atom. The molecule has 1 aliphatic heterocycles. The molecule has 1 aliphatic rings. The molecule has 1 saturated heterocycles. The van der Waals surface area contributed by atoms with Crippen LogP contribution in [0.5, 0.6) is 17.2 Å². The maximum atomic E-state index is 13.8. The predicted octanol–water partition coefficient (Wildman–Crippen LogP) is 5.84. The minimum atomic E-state index is -4.11. The first-order valence-corrected chi connectivity index (χ1v) is 14.9. The highest BCUT2D eigenvalue weighted by molar-refractivity contribution is 7.86. The molecule has 220 valence electrons. The van der Waals surface area contributed by atoms with Gasteiger partial charge in [-0.1, -0.05) is 46.9 Å². The van der Waals surface area contributed by atoms with E-state index in [0.717, 1.165) is 0 Å². The van der Waals surface area contributed by atoms with Gasteiger partial charge in [-0.15, -0.1) is 0 Å². The van der Waals surface area contributed by atoms with Gasteiger partial charge in [0.2, 0.25) is 5.75 Å². The summed E-state index contributed by atoms with van der Waals surface area (Å²) in [4.78, 5) is 15.3. The van der Waals surface area contributed by atoms with Crippen molar-refractivity contribution in [1.29, 1.82) is 0 Å². The predicted molar refractivity (Wildman–Crippen MR) is 155 cm³/mol. The number of carbonyl (C=O) groups excluding carboxylic acids is 1. The van der Waals surface area contributed by atoms with E-state index in [9.17, 15) is 13.2 Å². The van der Waals surface area contributed by atoms with E-state index in [1.807, 2.05) is 0 Å². The smallest absolute Gasteiger partial charge is 0.297 e. The van der Waals surface area contributed by atoms with Gasteiger partial charge in [-0.05, 0) is 48.0 Å². The summed E-state index contributed by atoms with van der Waals surface area (Å²) < 4.78 is 53.5. The molecule has 9 nitrogen and oxygen atoms in total. The maximum Gasteiger partial charge on any atom is 0.297 e. The SMILES string of the molecule is COc1cc(C(=O)N2CCOC(CCOS(=O)(=O)c3cccc(Cl)c3)(c3ccc(Cl)c(Cl)c3)C2)cc(OC)c1OC. The summed E-state index contributed by atoms with van der Waals surface area (Å²) in [6.07, 6.45) is 0.0732. The van der Waals surface area contributed by atoms with Gasteiger partial charge in [-0.25, -0.2) is 0 Å². The van der Waals surface area contributed by atoms with Crippen molar-refractivity contribution in [1.82, 2.24) is 4.90 Å². The van der Waals surface area contributed by atoms with E-state index in [1.165, 1.54) is 39.5 Å². The molecule has 0 aliphatic carbocycles. The molecule has 4 rings (SSSR count). The zero-order chi connectivity index (χ0) is 29.8. The van der Waals surface area contributed by atoms with Crippen molar-refractivity contribution in [2.75, 3.05) is 47.6 Å². The third kappa shape index (κ3) is 6.85. The lowest BCUT2D eigenvalue weighted by Gasteiger charge is -2.43. The van der Waals surface area contributed by atoms with Crippen molar-refractivity contribution in [3.8, 4) is 17.2 Å². The number of benzene rings is 3. The topological polar surface area (TPSA) is 101 Å². The van der Waals surface area contributed by atoms with Crippen LogP contribution >= 0.6 is 34.8 Å². The van der Waals surface area contributed by atoms with E-state index in [4.69, 9.17) is 57.9 Å². The molecular formula is C28H28Cl3NO8S. The summed E-state index contributed by atoms with van der Waals surface area (Å²) in [6, 6.07) is 13.9. The molecule has 0 bridgehead atoms. The Morgan fingerprint density at radius 3 is 2.27 bits per heavy atom. The second kappa shape index (κ2) is 13.1. The van der Waals surface area contributed by atoms with Crippen LogP contribution in [0.3, 0.4) is 0 Å². The van der Waals surface area contributed by atoms with Crippen LogP contribution in [0.2, 0.25) is 15.1 Å². The van der Waals surface area contributed by atoms with Crippen LogP contribution < -0.4 is 14.2 Å². The Hall–Kier alpha value is -2.73. The summed E-state index contributed by atoms with van der Waals surface area (Å²) >= 11 is 18.5. The van der Waals surface area contributed by atoms with Crippen molar-refractivity contribution in [2.45, 2.75) is 16.9 Å². The number of morpholine rings is 1. The van der Waals surface area contributed by atoms with Crippen LogP contribution in [0, 0.1) is 0 Å². The lowest BCUT2D eigenvalue weighted by molar-refractivity contribution is -0.114. The fourth-order valence-corrected chi connectivity index (χ4v) is 6.11. The normalized spacial score (nSPS) is 17.3. The molecule has 41 heavy (non-hydrogen) atoms. The minimum Gasteiger partial charge on any atom is -0.493 e. The van der Waals surface area contributed by atoms with Crippen molar-refractivity contribution in [3.05, 3.63) is 80.8 Å². The molecule has 0 aromatic heterocycles. The highest BCUT2D eigenvalue weighted by Gasteiger charge is 2.41. The zero-order valence-electron chi connectivity index (χ0n) is 22.5. The lowest BCUT2D eigenvalue weighted by Crippen LogP contribution is -2.52. The number of amides is 1. The number of nitrogens with zero attached hydrogens (tertiary/aromatic N) is 1. The number of carbonyl (C=O) groups is 1. The van der Waals surface area contributed by atoms with Crippen LogP contribution in [0.1, 0.15) is 22.3 Å². The standard InChI is InChI=1S/C28H28Cl3NO8S/c1-36-24-13-18(14-25(37-2)26(24)38-3)27(33)32-10-12-39-28(17-32,19-7-8-22(30)23(31)15-19)9-11-40-41(34,35)21-6-4-5-20(29)16-21/h4-8,13-16H,9-12,17H2,1-3H3. The Kier molecular flexibility index (Phi) is 9.94. The first kappa shape index (κ1) is 31.2. The third-order valence-corrected chi connectivity index (χ3v) is 8.94. The Balaban J connectivity index is 1.64. The van der Waals surface area contributed by atoms with Gasteiger partial charge in [0, 0.05) is 23.6 Å². The molecule has 1 fully saturated rings. The van der Waals surface area contributed by atoms with E-state index < -0.39 is 15.7 Å². The van der Waals surface area contributed by atoms with E-state index in [0.29, 0.717) is 33.4 Å². The number of ether oxygens (including phenoxy) is 4. The Labute approximate surface area is 253 Å². The van der Waals surface area contributed by atoms with Gasteiger partial charge >= 0.3 is 0 Å². The van der Waals surface area contributed by atoms with Gasteiger partial charge in [0.1, 0.15) is 5.60 Å². The highest BCUT2D eigenvalue weighted by Crippen LogP contribution is 2.40. The number of halogens is 3. The molecule has 3 aromatic carbocycles. The lowest BCUT2D eigenvalue weighted by atomic mass is 9.88. The van der Waals surface area contributed by atoms with E-state index in [1.54, 1.807) is 41.3 Å². The van der Waals surface area contributed by atoms with Crippen LogP contribution in [-0.4, -0.2) is 66.9 Å². The highest BCUT2D eigenvalue weighted by atomic mass is 35.5. The third-order valence-electron chi connectivity index (χ3n) is 6.66. The molecule has 3 aromatic rings. The quantitative estimate of drug-likeness (QED) is 0.254. The van der Waals surface area contributed by atoms with Crippen molar-refractivity contribution < 1.29 is 36.3 Å². The fourth-order valence-electron chi connectivity index (χ4n) is 4.60. The van der Waals surface area contributed by atoms with E-state index in [-0.39, 0.29) is 53.6 Å². The number of rotatable bonds is 10. The molecule has 1 atom stereocenters. The van der Waals surface area contributed by atoms with Crippen molar-refractivity contribution in [2.24, 2.45) is 0 Å². The average Bonchev–Trinajstić information content (AvgIpc) is 2.97. The summed E-state index contributed by atoms with van der Waals surface area (Å²) in [5.74, 6) is 0.707. The minimum absolute atomic E-state index is 0.0705. The van der Waals surface area contributed by atoms with Crippen LogP contribution in [0.4, 0.5) is 0 Å². The summed E-state index contributed by atoms with van der Waals surface area (Å²) in [7, 11) is 0.297. The molecule has 0 spiro atoms. The van der Waals surface area contributed by atoms with Crippen LogP contribution in [0.15, 0.2) is 59.5 Å². The van der Waals surface area contributed by atoms with Gasteiger partial charge in [0.05, 0.1) is 56.0 Å². The molecule has 1 heterocycles. The Bertz CT molecular complexity index is 1510. The second-order valence-electron chi connectivity index (χ2n) is 9.10. The van der Waals surface area contributed by atoms with Crippen molar-refractivity contribution in [3.63, 3.8) is 0 Å². The summed E-state index contributed by atoms with van der Waals surface area (Å²) in [5.41, 5.74) is -0.241. The molecule has 1 unspecified atom stereocenters.